The highest BCUT2D eigenvalue weighted by Gasteiger charge is 2.15. The van der Waals surface area contributed by atoms with E-state index in [1.807, 2.05) is 6.92 Å². The van der Waals surface area contributed by atoms with Gasteiger partial charge < -0.3 is 15.4 Å². The largest absolute Gasteiger partial charge is 0.465 e. The Morgan fingerprint density at radius 3 is 2.62 bits per heavy atom. The fourth-order valence-electron chi connectivity index (χ4n) is 2.61. The molecule has 1 aliphatic carbocycles. The van der Waals surface area contributed by atoms with Crippen molar-refractivity contribution in [1.29, 1.82) is 0 Å². The lowest BCUT2D eigenvalue weighted by atomic mass is 10.1. The third-order valence-electron chi connectivity index (χ3n) is 3.83. The summed E-state index contributed by atoms with van der Waals surface area (Å²) in [4.78, 5) is 23.4. The molecule has 2 N–H and O–H groups in total. The summed E-state index contributed by atoms with van der Waals surface area (Å²) < 4.78 is 4.67. The van der Waals surface area contributed by atoms with Crippen molar-refractivity contribution in [1.82, 2.24) is 5.32 Å². The van der Waals surface area contributed by atoms with Crippen molar-refractivity contribution in [2.24, 2.45) is 0 Å². The van der Waals surface area contributed by atoms with E-state index >= 15 is 0 Å². The third kappa shape index (κ3) is 4.29. The summed E-state index contributed by atoms with van der Waals surface area (Å²) in [5.74, 6) is -0.435. The van der Waals surface area contributed by atoms with Gasteiger partial charge in [0.25, 0.3) is 0 Å². The molecule has 0 aliphatic heterocycles. The van der Waals surface area contributed by atoms with Gasteiger partial charge in [0.1, 0.15) is 0 Å². The first-order valence-corrected chi connectivity index (χ1v) is 7.32. The van der Waals surface area contributed by atoms with E-state index in [1.54, 1.807) is 18.2 Å². The molecule has 2 rings (SSSR count). The van der Waals surface area contributed by atoms with Crippen LogP contribution in [0.15, 0.2) is 18.2 Å². The number of hydrogen-bond acceptors (Lipinski definition) is 4. The molecule has 5 heteroatoms. The topological polar surface area (TPSA) is 67.4 Å². The minimum atomic E-state index is -0.376. The van der Waals surface area contributed by atoms with Crippen LogP contribution in [0.2, 0.25) is 0 Å². The van der Waals surface area contributed by atoms with Crippen LogP contribution in [0.3, 0.4) is 0 Å². The summed E-state index contributed by atoms with van der Waals surface area (Å²) in [6, 6.07) is 5.57. The van der Waals surface area contributed by atoms with Gasteiger partial charge in [-0.25, -0.2) is 4.79 Å². The van der Waals surface area contributed by atoms with E-state index in [-0.39, 0.29) is 11.9 Å². The number of hydrogen-bond donors (Lipinski definition) is 2. The quantitative estimate of drug-likeness (QED) is 0.816. The highest BCUT2D eigenvalue weighted by molar-refractivity contribution is 5.94. The second-order valence-corrected chi connectivity index (χ2v) is 5.43. The maximum atomic E-state index is 11.9. The normalized spacial score (nSPS) is 15.0. The predicted molar refractivity (Wildman–Crippen MR) is 81.4 cm³/mol. The number of esters is 1. The van der Waals surface area contributed by atoms with Crippen LogP contribution in [0.4, 0.5) is 5.69 Å². The predicted octanol–water partition coefficient (Wildman–Crippen LogP) is 2.25. The molecule has 0 saturated heterocycles. The Morgan fingerprint density at radius 1 is 1.29 bits per heavy atom. The first-order chi connectivity index (χ1) is 10.1. The number of aryl methyl sites for hydroxylation is 1. The van der Waals surface area contributed by atoms with Crippen LogP contribution in [-0.4, -0.2) is 31.6 Å². The van der Waals surface area contributed by atoms with Gasteiger partial charge in [0.2, 0.25) is 5.91 Å². The maximum absolute atomic E-state index is 11.9. The van der Waals surface area contributed by atoms with Crippen LogP contribution >= 0.6 is 0 Å². The molecular weight excluding hydrogens is 268 g/mol. The number of carbonyl (C=O) groups excluding carboxylic acids is 2. The van der Waals surface area contributed by atoms with E-state index in [2.05, 4.69) is 15.4 Å². The number of benzene rings is 1. The molecule has 0 heterocycles. The van der Waals surface area contributed by atoms with E-state index in [4.69, 9.17) is 0 Å². The summed E-state index contributed by atoms with van der Waals surface area (Å²) in [5, 5.41) is 6.14. The summed E-state index contributed by atoms with van der Waals surface area (Å²) >= 11 is 0. The minimum absolute atomic E-state index is 0.0594. The highest BCUT2D eigenvalue weighted by atomic mass is 16.5. The summed E-state index contributed by atoms with van der Waals surface area (Å²) in [5.41, 5.74) is 2.05. The highest BCUT2D eigenvalue weighted by Crippen LogP contribution is 2.18. The number of carbonyl (C=O) groups is 2. The molecule has 0 spiro atoms. The van der Waals surface area contributed by atoms with Crippen molar-refractivity contribution >= 4 is 17.6 Å². The van der Waals surface area contributed by atoms with Gasteiger partial charge in [-0.05, 0) is 43.5 Å². The molecule has 0 bridgehead atoms. The van der Waals surface area contributed by atoms with E-state index < -0.39 is 0 Å². The molecule has 1 aromatic rings. The zero-order valence-corrected chi connectivity index (χ0v) is 12.6. The van der Waals surface area contributed by atoms with Gasteiger partial charge in [-0.3, -0.25) is 4.79 Å². The van der Waals surface area contributed by atoms with Gasteiger partial charge in [0.15, 0.2) is 0 Å². The molecule has 1 aliphatic rings. The van der Waals surface area contributed by atoms with Crippen molar-refractivity contribution in [3.8, 4) is 0 Å². The van der Waals surface area contributed by atoms with Gasteiger partial charge >= 0.3 is 5.97 Å². The second-order valence-electron chi connectivity index (χ2n) is 5.43. The molecule has 1 fully saturated rings. The van der Waals surface area contributed by atoms with Crippen molar-refractivity contribution in [3.05, 3.63) is 29.3 Å². The fourth-order valence-corrected chi connectivity index (χ4v) is 2.61. The monoisotopic (exact) mass is 290 g/mol. The zero-order chi connectivity index (χ0) is 15.2. The minimum Gasteiger partial charge on any atom is -0.465 e. The number of nitrogens with one attached hydrogen (secondary N) is 2. The molecule has 0 aromatic heterocycles. The first kappa shape index (κ1) is 15.5. The molecule has 21 heavy (non-hydrogen) atoms. The fraction of sp³-hybridized carbons (Fsp3) is 0.500. The average molecular weight is 290 g/mol. The van der Waals surface area contributed by atoms with Crippen molar-refractivity contribution in [2.45, 2.75) is 38.6 Å². The lowest BCUT2D eigenvalue weighted by Gasteiger charge is -2.13. The van der Waals surface area contributed by atoms with Gasteiger partial charge in [0.05, 0.1) is 19.2 Å². The standard InChI is InChI=1S/C16H22N2O3/c1-11-9-12(16(20)21-2)7-8-14(11)18-15(19)10-17-13-5-3-4-6-13/h7-9,13,17H,3-6,10H2,1-2H3,(H,18,19). The Hall–Kier alpha value is -1.88. The molecule has 0 unspecified atom stereocenters. The van der Waals surface area contributed by atoms with Crippen molar-refractivity contribution in [3.63, 3.8) is 0 Å². The number of ether oxygens (including phenoxy) is 1. The first-order valence-electron chi connectivity index (χ1n) is 7.32. The molecular formula is C16H22N2O3. The van der Waals surface area contributed by atoms with Crippen molar-refractivity contribution in [2.75, 3.05) is 19.0 Å². The number of methoxy groups -OCH3 is 1. The number of rotatable bonds is 5. The Morgan fingerprint density at radius 2 is 2.00 bits per heavy atom. The van der Waals surface area contributed by atoms with Crippen molar-refractivity contribution < 1.29 is 14.3 Å². The van der Waals surface area contributed by atoms with E-state index in [1.165, 1.54) is 20.0 Å². The molecule has 1 saturated carbocycles. The van der Waals surface area contributed by atoms with Gasteiger partial charge in [0, 0.05) is 11.7 Å². The lowest BCUT2D eigenvalue weighted by Crippen LogP contribution is -2.34. The van der Waals surface area contributed by atoms with Crippen LogP contribution in [0.1, 0.15) is 41.6 Å². The van der Waals surface area contributed by atoms with E-state index in [0.717, 1.165) is 24.1 Å². The molecule has 114 valence electrons. The van der Waals surface area contributed by atoms with Crippen LogP contribution in [0.25, 0.3) is 0 Å². The Bertz CT molecular complexity index is 522. The SMILES string of the molecule is COC(=O)c1ccc(NC(=O)CNC2CCCC2)c(C)c1. The van der Waals surface area contributed by atoms with Gasteiger partial charge in [-0.15, -0.1) is 0 Å². The Labute approximate surface area is 125 Å². The van der Waals surface area contributed by atoms with Crippen LogP contribution < -0.4 is 10.6 Å². The maximum Gasteiger partial charge on any atom is 0.337 e. The Balaban J connectivity index is 1.89. The molecule has 0 atom stereocenters. The van der Waals surface area contributed by atoms with Crippen LogP contribution in [0, 0.1) is 6.92 Å². The number of anilines is 1. The molecule has 1 aromatic carbocycles. The van der Waals surface area contributed by atoms with E-state index in [0.29, 0.717) is 18.2 Å². The van der Waals surface area contributed by atoms with Crippen LogP contribution in [-0.2, 0) is 9.53 Å². The Kier molecular flexibility index (Phi) is 5.33. The van der Waals surface area contributed by atoms with Crippen LogP contribution in [0.5, 0.6) is 0 Å². The third-order valence-corrected chi connectivity index (χ3v) is 3.83. The average Bonchev–Trinajstić information content (AvgIpc) is 2.99. The van der Waals surface area contributed by atoms with E-state index in [9.17, 15) is 9.59 Å². The van der Waals surface area contributed by atoms with Gasteiger partial charge in [-0.2, -0.15) is 0 Å². The summed E-state index contributed by atoms with van der Waals surface area (Å²) in [6.45, 7) is 2.18. The smallest absolute Gasteiger partial charge is 0.337 e. The number of amides is 1. The molecule has 0 radical (unpaired) electrons. The molecule has 5 nitrogen and oxygen atoms in total. The second kappa shape index (κ2) is 7.22. The lowest BCUT2D eigenvalue weighted by molar-refractivity contribution is -0.115. The zero-order valence-electron chi connectivity index (χ0n) is 12.6. The summed E-state index contributed by atoms with van der Waals surface area (Å²) in [6.07, 6.45) is 4.79. The van der Waals surface area contributed by atoms with Gasteiger partial charge in [-0.1, -0.05) is 12.8 Å². The summed E-state index contributed by atoms with van der Waals surface area (Å²) in [7, 11) is 1.35. The molecule has 1 amide bonds.